The van der Waals surface area contributed by atoms with Gasteiger partial charge in [-0.1, -0.05) is 11.6 Å². The van der Waals surface area contributed by atoms with Crippen LogP contribution in [0.25, 0.3) is 10.9 Å². The zero-order valence-corrected chi connectivity index (χ0v) is 11.2. The van der Waals surface area contributed by atoms with Gasteiger partial charge in [-0.15, -0.1) is 0 Å². The Morgan fingerprint density at radius 2 is 1.95 bits per heavy atom. The van der Waals surface area contributed by atoms with Gasteiger partial charge in [-0.2, -0.15) is 0 Å². The first-order valence-corrected chi connectivity index (χ1v) is 6.02. The molecule has 1 aromatic carbocycles. The zero-order valence-electron chi connectivity index (χ0n) is 11.2. The fraction of sp³-hybridized carbons (Fsp3) is 0.267. The Labute approximate surface area is 111 Å². The molecule has 98 valence electrons. The number of nitrogens with zero attached hydrogens (tertiary/aromatic N) is 1. The summed E-state index contributed by atoms with van der Waals surface area (Å²) in [5.74, 6) is -0.670. The van der Waals surface area contributed by atoms with Gasteiger partial charge in [0.25, 0.3) is 0 Å². The molecule has 19 heavy (non-hydrogen) atoms. The van der Waals surface area contributed by atoms with Crippen LogP contribution in [0, 0.1) is 13.8 Å². The molecule has 1 aromatic heterocycles. The van der Waals surface area contributed by atoms with Crippen molar-refractivity contribution >= 4 is 22.7 Å². The molecule has 4 heteroatoms. The molecule has 0 fully saturated rings. The highest BCUT2D eigenvalue weighted by atomic mass is 16.5. The van der Waals surface area contributed by atoms with Crippen LogP contribution in [-0.4, -0.2) is 23.3 Å². The Morgan fingerprint density at radius 3 is 2.63 bits per heavy atom. The molecular formula is C15H15NO3. The van der Waals surface area contributed by atoms with E-state index in [1.165, 1.54) is 6.92 Å². The maximum atomic E-state index is 12.0. The lowest BCUT2D eigenvalue weighted by Crippen LogP contribution is -2.12. The number of rotatable bonds is 3. The quantitative estimate of drug-likeness (QED) is 0.793. The average molecular weight is 257 g/mol. The summed E-state index contributed by atoms with van der Waals surface area (Å²) < 4.78 is 4.98. The predicted molar refractivity (Wildman–Crippen MR) is 72.2 cm³/mol. The van der Waals surface area contributed by atoms with Crippen LogP contribution in [0.2, 0.25) is 0 Å². The van der Waals surface area contributed by atoms with Gasteiger partial charge in [0, 0.05) is 11.1 Å². The number of hydrogen-bond donors (Lipinski definition) is 0. The monoisotopic (exact) mass is 257 g/mol. The van der Waals surface area contributed by atoms with Gasteiger partial charge < -0.3 is 4.74 Å². The van der Waals surface area contributed by atoms with Crippen LogP contribution < -0.4 is 0 Å². The second-order valence-corrected chi connectivity index (χ2v) is 4.61. The summed E-state index contributed by atoms with van der Waals surface area (Å²) in [7, 11) is 0. The third-order valence-electron chi connectivity index (χ3n) is 2.72. The standard InChI is InChI=1S/C15H15NO3/c1-9-4-5-14-12(6-9)13(7-10(2)16-14)15(18)19-8-11(3)17/h4-7H,8H2,1-3H3. The third kappa shape index (κ3) is 2.96. The van der Waals surface area contributed by atoms with Crippen molar-refractivity contribution in [1.82, 2.24) is 4.98 Å². The van der Waals surface area contributed by atoms with Crippen LogP contribution in [0.15, 0.2) is 24.3 Å². The highest BCUT2D eigenvalue weighted by Gasteiger charge is 2.14. The van der Waals surface area contributed by atoms with Gasteiger partial charge in [0.1, 0.15) is 6.61 Å². The number of Topliss-reactive ketones (excluding diaryl/α,β-unsaturated/α-hetero) is 1. The minimum atomic E-state index is -0.490. The van der Waals surface area contributed by atoms with Crippen molar-refractivity contribution in [2.45, 2.75) is 20.8 Å². The van der Waals surface area contributed by atoms with Crippen LogP contribution in [0.3, 0.4) is 0 Å². The third-order valence-corrected chi connectivity index (χ3v) is 2.72. The fourth-order valence-electron chi connectivity index (χ4n) is 1.89. The van der Waals surface area contributed by atoms with Crippen molar-refractivity contribution < 1.29 is 14.3 Å². The molecule has 0 spiro atoms. The maximum Gasteiger partial charge on any atom is 0.339 e. The summed E-state index contributed by atoms with van der Waals surface area (Å²) in [6.45, 7) is 4.95. The largest absolute Gasteiger partial charge is 0.454 e. The second-order valence-electron chi connectivity index (χ2n) is 4.61. The maximum absolute atomic E-state index is 12.0. The molecular weight excluding hydrogens is 242 g/mol. The highest BCUT2D eigenvalue weighted by molar-refractivity contribution is 6.04. The van der Waals surface area contributed by atoms with Crippen LogP contribution >= 0.6 is 0 Å². The lowest BCUT2D eigenvalue weighted by molar-refractivity contribution is -0.120. The van der Waals surface area contributed by atoms with E-state index in [0.717, 1.165) is 22.2 Å². The van der Waals surface area contributed by atoms with Gasteiger partial charge in [0.2, 0.25) is 0 Å². The van der Waals surface area contributed by atoms with Gasteiger partial charge in [0.15, 0.2) is 5.78 Å². The van der Waals surface area contributed by atoms with Crippen molar-refractivity contribution in [3.63, 3.8) is 0 Å². The van der Waals surface area contributed by atoms with E-state index in [4.69, 9.17) is 4.74 Å². The van der Waals surface area contributed by atoms with Crippen LogP contribution in [-0.2, 0) is 9.53 Å². The molecule has 0 bridgehead atoms. The van der Waals surface area contributed by atoms with Gasteiger partial charge >= 0.3 is 5.97 Å². The van der Waals surface area contributed by atoms with Gasteiger partial charge in [-0.3, -0.25) is 9.78 Å². The van der Waals surface area contributed by atoms with E-state index in [-0.39, 0.29) is 12.4 Å². The molecule has 2 rings (SSSR count). The van der Waals surface area contributed by atoms with E-state index >= 15 is 0 Å². The van der Waals surface area contributed by atoms with Gasteiger partial charge in [-0.25, -0.2) is 4.79 Å². The number of carbonyl (C=O) groups excluding carboxylic acids is 2. The number of ketones is 1. The summed E-state index contributed by atoms with van der Waals surface area (Å²) in [6, 6.07) is 7.40. The topological polar surface area (TPSA) is 56.3 Å². The fourth-order valence-corrected chi connectivity index (χ4v) is 1.89. The minimum absolute atomic E-state index is 0.181. The lowest BCUT2D eigenvalue weighted by atomic mass is 10.1. The normalized spacial score (nSPS) is 10.5. The number of aromatic nitrogens is 1. The first-order valence-electron chi connectivity index (χ1n) is 6.02. The number of ether oxygens (including phenoxy) is 1. The zero-order chi connectivity index (χ0) is 14.0. The molecule has 0 aliphatic carbocycles. The van der Waals surface area contributed by atoms with E-state index in [9.17, 15) is 9.59 Å². The molecule has 0 aliphatic rings. The molecule has 0 N–H and O–H groups in total. The number of pyridine rings is 1. The molecule has 0 radical (unpaired) electrons. The lowest BCUT2D eigenvalue weighted by Gasteiger charge is -2.08. The SMILES string of the molecule is CC(=O)COC(=O)c1cc(C)nc2ccc(C)cc12. The van der Waals surface area contributed by atoms with Crippen molar-refractivity contribution in [3.05, 3.63) is 41.1 Å². The average Bonchev–Trinajstić information content (AvgIpc) is 2.35. The number of hydrogen-bond acceptors (Lipinski definition) is 4. The molecule has 0 aliphatic heterocycles. The van der Waals surface area contributed by atoms with Crippen molar-refractivity contribution in [1.29, 1.82) is 0 Å². The van der Waals surface area contributed by atoms with Gasteiger partial charge in [-0.05, 0) is 39.0 Å². The number of benzene rings is 1. The Morgan fingerprint density at radius 1 is 1.21 bits per heavy atom. The van der Waals surface area contributed by atoms with Crippen molar-refractivity contribution in [2.24, 2.45) is 0 Å². The molecule has 0 unspecified atom stereocenters. The highest BCUT2D eigenvalue weighted by Crippen LogP contribution is 2.20. The summed E-state index contributed by atoms with van der Waals surface area (Å²) in [6.07, 6.45) is 0. The van der Waals surface area contributed by atoms with E-state index in [2.05, 4.69) is 4.98 Å². The summed E-state index contributed by atoms with van der Waals surface area (Å²) in [5, 5.41) is 0.749. The first kappa shape index (κ1) is 13.2. The van der Waals surface area contributed by atoms with E-state index < -0.39 is 5.97 Å². The molecule has 0 saturated carbocycles. The summed E-state index contributed by atoms with van der Waals surface area (Å²) >= 11 is 0. The summed E-state index contributed by atoms with van der Waals surface area (Å²) in [4.78, 5) is 27.3. The smallest absolute Gasteiger partial charge is 0.339 e. The molecule has 0 saturated heterocycles. The Balaban J connectivity index is 2.49. The first-order chi connectivity index (χ1) is 8.97. The van der Waals surface area contributed by atoms with Crippen molar-refractivity contribution in [2.75, 3.05) is 6.61 Å². The van der Waals surface area contributed by atoms with Crippen LogP contribution in [0.5, 0.6) is 0 Å². The minimum Gasteiger partial charge on any atom is -0.454 e. The summed E-state index contributed by atoms with van der Waals surface area (Å²) in [5.41, 5.74) is 2.98. The van der Waals surface area contributed by atoms with Crippen molar-refractivity contribution in [3.8, 4) is 0 Å². The van der Waals surface area contributed by atoms with Crippen LogP contribution in [0.1, 0.15) is 28.5 Å². The molecule has 2 aromatic rings. The molecule has 0 atom stereocenters. The van der Waals surface area contributed by atoms with E-state index in [0.29, 0.717) is 5.56 Å². The Kier molecular flexibility index (Phi) is 3.60. The predicted octanol–water partition coefficient (Wildman–Crippen LogP) is 2.60. The number of esters is 1. The second kappa shape index (κ2) is 5.18. The van der Waals surface area contributed by atoms with E-state index in [1.807, 2.05) is 32.0 Å². The van der Waals surface area contributed by atoms with Crippen LogP contribution in [0.4, 0.5) is 0 Å². The number of aryl methyl sites for hydroxylation is 2. The Bertz CT molecular complexity index is 662. The molecule has 0 amide bonds. The van der Waals surface area contributed by atoms with E-state index in [1.54, 1.807) is 6.07 Å². The Hall–Kier alpha value is -2.23. The van der Waals surface area contributed by atoms with Gasteiger partial charge in [0.05, 0.1) is 11.1 Å². The molecule has 1 heterocycles. The molecule has 4 nitrogen and oxygen atoms in total. The number of carbonyl (C=O) groups is 2. The number of fused-ring (bicyclic) bond motifs is 1.